The molecule has 12 heteroatoms. The maximum absolute atomic E-state index is 13.4. The molecule has 0 aromatic heterocycles. The fraction of sp³-hybridized carbons (Fsp3) is 0.318. The maximum atomic E-state index is 13.4. The van der Waals surface area contributed by atoms with Crippen LogP contribution in [0.15, 0.2) is 6.07 Å². The number of aromatic hydroxyl groups is 4. The molecule has 4 rings (SSSR count). The number of benzene rings is 2. The van der Waals surface area contributed by atoms with E-state index in [1.807, 2.05) is 0 Å². The van der Waals surface area contributed by atoms with Crippen molar-refractivity contribution in [1.82, 2.24) is 0 Å². The number of carboxylic acids is 1. The van der Waals surface area contributed by atoms with Gasteiger partial charge in [-0.25, -0.2) is 4.79 Å². The number of ether oxygens (including phenoxy) is 1. The molecule has 180 valence electrons. The summed E-state index contributed by atoms with van der Waals surface area (Å²) in [6, 6.07) is 0.754. The summed E-state index contributed by atoms with van der Waals surface area (Å²) < 4.78 is 5.44. The molecule has 2 aromatic rings. The molecule has 2 aliphatic rings. The molecule has 1 aliphatic carbocycles. The topological polar surface area (TPSA) is 222 Å². The predicted octanol–water partition coefficient (Wildman–Crippen LogP) is -0.165. The highest BCUT2D eigenvalue weighted by Crippen LogP contribution is 2.52. The van der Waals surface area contributed by atoms with Crippen molar-refractivity contribution in [1.29, 1.82) is 0 Å². The van der Waals surface area contributed by atoms with Crippen molar-refractivity contribution in [3.8, 4) is 23.0 Å². The highest BCUT2D eigenvalue weighted by atomic mass is 16.5. The minimum absolute atomic E-state index is 0.257. The van der Waals surface area contributed by atoms with Gasteiger partial charge in [0.2, 0.25) is 0 Å². The minimum Gasteiger partial charge on any atom is -0.507 e. The Morgan fingerprint density at radius 2 is 1.62 bits per heavy atom. The Kier molecular flexibility index (Phi) is 5.49. The number of carbonyl (C=O) groups is 3. The Balaban J connectivity index is 1.96. The zero-order valence-electron chi connectivity index (χ0n) is 17.5. The van der Waals surface area contributed by atoms with Gasteiger partial charge < -0.3 is 45.6 Å². The Hall–Kier alpha value is -3.71. The van der Waals surface area contributed by atoms with Crippen LogP contribution in [0.5, 0.6) is 23.0 Å². The Labute approximate surface area is 190 Å². The molecule has 12 nitrogen and oxygen atoms in total. The van der Waals surface area contributed by atoms with E-state index in [0.29, 0.717) is 0 Å². The van der Waals surface area contributed by atoms with Gasteiger partial charge in [-0.05, 0) is 18.6 Å². The molecule has 8 N–H and O–H groups in total. The van der Waals surface area contributed by atoms with E-state index >= 15 is 0 Å². The first kappa shape index (κ1) is 23.4. The van der Waals surface area contributed by atoms with Crippen LogP contribution >= 0.6 is 0 Å². The number of aromatic carboxylic acids is 1. The van der Waals surface area contributed by atoms with Crippen LogP contribution in [-0.2, 0) is 4.74 Å². The molecule has 4 atom stereocenters. The van der Waals surface area contributed by atoms with E-state index < -0.39 is 111 Å². The second kappa shape index (κ2) is 7.95. The van der Waals surface area contributed by atoms with Gasteiger partial charge in [-0.1, -0.05) is 0 Å². The molecule has 1 unspecified atom stereocenters. The second-order valence-electron chi connectivity index (χ2n) is 8.13. The summed E-state index contributed by atoms with van der Waals surface area (Å²) in [5, 5.41) is 81.0. The molecule has 1 fully saturated rings. The normalized spacial score (nSPS) is 24.0. The largest absolute Gasteiger partial charge is 0.507 e. The van der Waals surface area contributed by atoms with Crippen molar-refractivity contribution in [2.75, 3.05) is 6.61 Å². The highest BCUT2D eigenvalue weighted by Gasteiger charge is 2.44. The first-order valence-electron chi connectivity index (χ1n) is 10.0. The minimum atomic E-state index is -1.57. The van der Waals surface area contributed by atoms with E-state index in [2.05, 4.69) is 0 Å². The standard InChI is InChI=1S/C22H20O12/c1-5-11-6(2-7(24)12(5)22(32)33)16(26)14-15(18(11)28)19(29)13(20(30)21(14)31)9-3-8(25)17(27)10(4-23)34-9/h2,8-10,17,23-25,27,29-31H,3-4H2,1H3,(H,32,33)/t8-,9+,10?,17+/m1/s1. The molecule has 34 heavy (non-hydrogen) atoms. The van der Waals surface area contributed by atoms with Gasteiger partial charge in [0.05, 0.1) is 35.5 Å². The molecule has 1 heterocycles. The smallest absolute Gasteiger partial charge is 0.339 e. The fourth-order valence-corrected chi connectivity index (χ4v) is 4.57. The van der Waals surface area contributed by atoms with E-state index in [0.717, 1.165) is 6.07 Å². The van der Waals surface area contributed by atoms with Crippen LogP contribution in [0, 0.1) is 6.92 Å². The van der Waals surface area contributed by atoms with Gasteiger partial charge in [-0.15, -0.1) is 0 Å². The van der Waals surface area contributed by atoms with E-state index in [-0.39, 0.29) is 5.56 Å². The molecular formula is C22H20O12. The molecule has 0 amide bonds. The van der Waals surface area contributed by atoms with Crippen molar-refractivity contribution in [3.63, 3.8) is 0 Å². The fourth-order valence-electron chi connectivity index (χ4n) is 4.57. The van der Waals surface area contributed by atoms with Gasteiger partial charge in [0.1, 0.15) is 29.3 Å². The number of rotatable bonds is 3. The third-order valence-corrected chi connectivity index (χ3v) is 6.23. The van der Waals surface area contributed by atoms with Gasteiger partial charge in [0, 0.05) is 17.5 Å². The van der Waals surface area contributed by atoms with Gasteiger partial charge in [-0.2, -0.15) is 0 Å². The number of fused-ring (bicyclic) bond motifs is 2. The summed E-state index contributed by atoms with van der Waals surface area (Å²) in [6.45, 7) is 0.447. The Morgan fingerprint density at radius 3 is 2.21 bits per heavy atom. The van der Waals surface area contributed by atoms with Crippen LogP contribution < -0.4 is 0 Å². The summed E-state index contributed by atoms with van der Waals surface area (Å²) in [4.78, 5) is 38.0. The predicted molar refractivity (Wildman–Crippen MR) is 109 cm³/mol. The summed E-state index contributed by atoms with van der Waals surface area (Å²) in [6.07, 6.45) is -6.10. The molecule has 0 bridgehead atoms. The van der Waals surface area contributed by atoms with Gasteiger partial charge in [0.25, 0.3) is 0 Å². The third kappa shape index (κ3) is 3.11. The monoisotopic (exact) mass is 476 g/mol. The SMILES string of the molecule is Cc1c(C(=O)O)c(O)cc2c1C(=O)c1c(O)c([C@@H]3C[C@@H](O)[C@H](O)C(CO)O3)c(O)c(O)c1C2=O. The average molecular weight is 476 g/mol. The number of carbonyl (C=O) groups excluding carboxylic acids is 2. The first-order valence-corrected chi connectivity index (χ1v) is 10.0. The second-order valence-corrected chi connectivity index (χ2v) is 8.13. The number of hydrogen-bond acceptors (Lipinski definition) is 11. The number of aliphatic hydroxyl groups is 3. The summed E-state index contributed by atoms with van der Waals surface area (Å²) in [5.41, 5.74) is -3.83. The van der Waals surface area contributed by atoms with E-state index in [9.17, 15) is 55.2 Å². The van der Waals surface area contributed by atoms with Crippen molar-refractivity contribution in [2.45, 2.75) is 37.8 Å². The zero-order valence-corrected chi connectivity index (χ0v) is 17.5. The third-order valence-electron chi connectivity index (χ3n) is 6.23. The lowest BCUT2D eigenvalue weighted by Gasteiger charge is -2.37. The van der Waals surface area contributed by atoms with Crippen LogP contribution in [0.3, 0.4) is 0 Å². The van der Waals surface area contributed by atoms with E-state index in [4.69, 9.17) is 4.74 Å². The summed E-state index contributed by atoms with van der Waals surface area (Å²) >= 11 is 0. The van der Waals surface area contributed by atoms with E-state index in [1.165, 1.54) is 6.92 Å². The van der Waals surface area contributed by atoms with Crippen LogP contribution in [-0.4, -0.2) is 83.3 Å². The lowest BCUT2D eigenvalue weighted by atomic mass is 9.78. The molecule has 0 radical (unpaired) electrons. The quantitative estimate of drug-likeness (QED) is 0.182. The average Bonchev–Trinajstić information content (AvgIpc) is 2.76. The summed E-state index contributed by atoms with van der Waals surface area (Å²) in [5.74, 6) is -7.58. The molecular weight excluding hydrogens is 456 g/mol. The Morgan fingerprint density at radius 1 is 1.00 bits per heavy atom. The van der Waals surface area contributed by atoms with Crippen LogP contribution in [0.25, 0.3) is 0 Å². The zero-order chi connectivity index (χ0) is 25.2. The van der Waals surface area contributed by atoms with Gasteiger partial charge in [0.15, 0.2) is 23.1 Å². The van der Waals surface area contributed by atoms with Gasteiger partial charge >= 0.3 is 5.97 Å². The molecule has 1 saturated heterocycles. The lowest BCUT2D eigenvalue weighted by Crippen LogP contribution is -2.47. The highest BCUT2D eigenvalue weighted by molar-refractivity contribution is 6.31. The molecule has 2 aromatic carbocycles. The number of ketones is 2. The first-order chi connectivity index (χ1) is 15.9. The van der Waals surface area contributed by atoms with Crippen molar-refractivity contribution in [2.24, 2.45) is 0 Å². The lowest BCUT2D eigenvalue weighted by molar-refractivity contribution is -0.182. The molecule has 1 aliphatic heterocycles. The maximum Gasteiger partial charge on any atom is 0.339 e. The van der Waals surface area contributed by atoms with Crippen molar-refractivity contribution >= 4 is 17.5 Å². The van der Waals surface area contributed by atoms with E-state index in [1.54, 1.807) is 0 Å². The molecule has 0 spiro atoms. The number of aliphatic hydroxyl groups excluding tert-OH is 3. The van der Waals surface area contributed by atoms with Gasteiger partial charge in [-0.3, -0.25) is 9.59 Å². The van der Waals surface area contributed by atoms with Crippen molar-refractivity contribution in [3.05, 3.63) is 45.0 Å². The van der Waals surface area contributed by atoms with Crippen molar-refractivity contribution < 1.29 is 60.0 Å². The van der Waals surface area contributed by atoms with Crippen LogP contribution in [0.1, 0.15) is 65.9 Å². The summed E-state index contributed by atoms with van der Waals surface area (Å²) in [7, 11) is 0. The number of carboxylic acid groups (broad SMARTS) is 1. The van der Waals surface area contributed by atoms with Crippen LogP contribution in [0.2, 0.25) is 0 Å². The number of hydrogen-bond donors (Lipinski definition) is 8. The number of phenols is 4. The Bertz CT molecular complexity index is 1260. The van der Waals surface area contributed by atoms with Crippen LogP contribution in [0.4, 0.5) is 0 Å². The number of phenolic OH excluding ortho intramolecular Hbond substituents is 3. The molecule has 0 saturated carbocycles.